The van der Waals surface area contributed by atoms with Gasteiger partial charge in [0.1, 0.15) is 22.7 Å². The summed E-state index contributed by atoms with van der Waals surface area (Å²) in [5, 5.41) is 10.2. The zero-order valence-electron chi connectivity index (χ0n) is 25.5. The average Bonchev–Trinajstić information content (AvgIpc) is 3.54. The summed E-state index contributed by atoms with van der Waals surface area (Å²) in [7, 11) is 0.291. The molecule has 46 heavy (non-hydrogen) atoms. The minimum Gasteiger partial charge on any atom is -0.494 e. The van der Waals surface area contributed by atoms with Crippen LogP contribution in [0.3, 0.4) is 0 Å². The first-order chi connectivity index (χ1) is 22.0. The predicted molar refractivity (Wildman–Crippen MR) is 179 cm³/mol. The highest BCUT2D eigenvalue weighted by atomic mass is 35.5. The number of hydrogen-bond donors (Lipinski definition) is 2. The van der Waals surface area contributed by atoms with E-state index in [1.807, 2.05) is 18.2 Å². The Kier molecular flexibility index (Phi) is 8.43. The summed E-state index contributed by atoms with van der Waals surface area (Å²) < 4.78 is 39.7. The minimum absolute atomic E-state index is 0.188. The number of fused-ring (bicyclic) bond motifs is 3. The van der Waals surface area contributed by atoms with E-state index in [1.165, 1.54) is 38.6 Å². The van der Waals surface area contributed by atoms with Crippen LogP contribution in [-0.4, -0.2) is 68.1 Å². The van der Waals surface area contributed by atoms with E-state index in [1.54, 1.807) is 6.07 Å². The zero-order chi connectivity index (χ0) is 32.3. The zero-order valence-corrected chi connectivity index (χ0v) is 28.7. The summed E-state index contributed by atoms with van der Waals surface area (Å²) >= 11 is 14.6. The summed E-state index contributed by atoms with van der Waals surface area (Å²) in [6.07, 6.45) is 6.21. The maximum atomic E-state index is 12.9. The molecule has 3 aliphatic rings. The number of methoxy groups -OCH3 is 1. The van der Waals surface area contributed by atoms with Gasteiger partial charge >= 0.3 is 10.2 Å². The quantitative estimate of drug-likeness (QED) is 0.205. The van der Waals surface area contributed by atoms with Crippen LogP contribution in [0.1, 0.15) is 66.1 Å². The van der Waals surface area contributed by atoms with Crippen molar-refractivity contribution < 1.29 is 22.5 Å². The van der Waals surface area contributed by atoms with Crippen molar-refractivity contribution in [3.05, 3.63) is 57.3 Å². The van der Waals surface area contributed by atoms with Gasteiger partial charge in [0.05, 0.1) is 21.9 Å². The molecule has 4 aromatic rings. The van der Waals surface area contributed by atoms with Crippen molar-refractivity contribution in [3.8, 4) is 17.0 Å². The van der Waals surface area contributed by atoms with Crippen LogP contribution in [0.15, 0.2) is 34.9 Å². The first kappa shape index (κ1) is 31.6. The molecule has 2 aromatic heterocycles. The third kappa shape index (κ3) is 5.86. The molecule has 11 nitrogen and oxygen atoms in total. The summed E-state index contributed by atoms with van der Waals surface area (Å²) in [4.78, 5) is 20.2. The Morgan fingerprint density at radius 1 is 1.13 bits per heavy atom. The smallest absolute Gasteiger partial charge is 0.303 e. The first-order valence-electron chi connectivity index (χ1n) is 15.2. The number of ether oxygens (including phenoxy) is 1. The second kappa shape index (κ2) is 12.3. The maximum absolute atomic E-state index is 12.9. The number of halogens is 2. The molecule has 0 spiro atoms. The van der Waals surface area contributed by atoms with E-state index < -0.39 is 16.1 Å². The summed E-state index contributed by atoms with van der Waals surface area (Å²) in [6, 6.07) is 9.58. The van der Waals surface area contributed by atoms with Gasteiger partial charge < -0.3 is 19.5 Å². The van der Waals surface area contributed by atoms with E-state index in [4.69, 9.17) is 37.4 Å². The first-order valence-corrected chi connectivity index (χ1v) is 18.2. The maximum Gasteiger partial charge on any atom is 0.303 e. The molecular formula is C31H34Cl2N6O5S2. The Morgan fingerprint density at radius 3 is 2.46 bits per heavy atom. The number of anilines is 1. The molecule has 2 unspecified atom stereocenters. The van der Waals surface area contributed by atoms with Gasteiger partial charge in [0.25, 0.3) is 5.91 Å². The van der Waals surface area contributed by atoms with Gasteiger partial charge in [-0.3, -0.25) is 4.79 Å². The van der Waals surface area contributed by atoms with Crippen LogP contribution in [0.4, 0.5) is 5.13 Å². The number of aromatic nitrogens is 2. The van der Waals surface area contributed by atoms with Gasteiger partial charge in [0.2, 0.25) is 0 Å². The molecular weight excluding hydrogens is 671 g/mol. The van der Waals surface area contributed by atoms with Gasteiger partial charge in [0.15, 0.2) is 5.13 Å². The lowest BCUT2D eigenvalue weighted by molar-refractivity contribution is 0.0979. The van der Waals surface area contributed by atoms with Crippen molar-refractivity contribution in [2.24, 2.45) is 0 Å². The second-order valence-electron chi connectivity index (χ2n) is 12.3. The molecule has 2 N–H and O–H groups in total. The minimum atomic E-state index is -3.94. The van der Waals surface area contributed by atoms with Gasteiger partial charge in [-0.1, -0.05) is 45.8 Å². The van der Waals surface area contributed by atoms with Gasteiger partial charge in [0, 0.05) is 61.4 Å². The van der Waals surface area contributed by atoms with Gasteiger partial charge in [-0.15, -0.1) is 0 Å². The molecule has 3 fully saturated rings. The number of thiazole rings is 1. The van der Waals surface area contributed by atoms with E-state index in [0.717, 1.165) is 64.0 Å². The molecule has 0 radical (unpaired) electrons. The molecule has 1 aliphatic carbocycles. The Bertz CT molecular complexity index is 1890. The summed E-state index contributed by atoms with van der Waals surface area (Å²) in [5.41, 5.74) is 3.29. The van der Waals surface area contributed by atoms with Gasteiger partial charge in [-0.25, -0.2) is 9.71 Å². The molecule has 2 saturated heterocycles. The number of rotatable bonds is 10. The fourth-order valence-corrected chi connectivity index (χ4v) is 8.91. The molecule has 2 aromatic carbocycles. The van der Waals surface area contributed by atoms with Gasteiger partial charge in [-0.05, 0) is 62.8 Å². The van der Waals surface area contributed by atoms with E-state index in [9.17, 15) is 13.2 Å². The Morgan fingerprint density at radius 2 is 1.83 bits per heavy atom. The number of carbonyl (C=O) groups is 1. The fraction of sp³-hybridized carbons (Fsp3) is 0.452. The van der Waals surface area contributed by atoms with E-state index >= 15 is 0 Å². The van der Waals surface area contributed by atoms with Crippen molar-refractivity contribution in [3.63, 3.8) is 0 Å². The lowest BCUT2D eigenvalue weighted by Gasteiger charge is -2.39. The second-order valence-corrected chi connectivity index (χ2v) is 16.0. The van der Waals surface area contributed by atoms with Crippen LogP contribution >= 0.6 is 34.5 Å². The number of piperidine rings is 1. The third-order valence-electron chi connectivity index (χ3n) is 9.12. The topological polar surface area (TPSA) is 130 Å². The standard InChI is InChI=1S/C31H34Cl2N6O5S2/c1-38(2)46(41,42)37-30(40)17-11-24(43-3)28-25(12-17)45-31(35-28)39-19-9-10-20(39)14-18(13-19)34-15-21-27(36-44-29(21)16-7-8-16)26-22(32)5-4-6-23(26)33/h4-6,11-12,16,18-20,34H,7-10,13-15H2,1-3H3,(H,37,40). The van der Waals surface area contributed by atoms with Crippen molar-refractivity contribution in [2.45, 2.75) is 69.1 Å². The lowest BCUT2D eigenvalue weighted by Crippen LogP contribution is -2.49. The largest absolute Gasteiger partial charge is 0.494 e. The van der Waals surface area contributed by atoms with Crippen LogP contribution in [-0.2, 0) is 16.8 Å². The highest BCUT2D eigenvalue weighted by Crippen LogP contribution is 2.47. The lowest BCUT2D eigenvalue weighted by atomic mass is 9.97. The van der Waals surface area contributed by atoms with Crippen LogP contribution in [0.5, 0.6) is 5.75 Å². The molecule has 2 bridgehead atoms. The Balaban J connectivity index is 1.09. The van der Waals surface area contributed by atoms with Crippen molar-refractivity contribution in [1.29, 1.82) is 0 Å². The van der Waals surface area contributed by atoms with Crippen molar-refractivity contribution >= 4 is 66.0 Å². The SMILES string of the molecule is COc1cc(C(=O)NS(=O)(=O)N(C)C)cc2sc(N3C4CCC3CC(NCc3c(-c5c(Cl)cccc5Cl)noc3C3CC3)C4)nc12. The molecule has 2 atom stereocenters. The number of nitrogens with one attached hydrogen (secondary N) is 2. The summed E-state index contributed by atoms with van der Waals surface area (Å²) in [5.74, 6) is 1.01. The molecule has 244 valence electrons. The molecule has 4 heterocycles. The van der Waals surface area contributed by atoms with Crippen LogP contribution < -0.4 is 19.7 Å². The van der Waals surface area contributed by atoms with E-state index in [2.05, 4.69) is 20.1 Å². The number of amides is 1. The molecule has 15 heteroatoms. The van der Waals surface area contributed by atoms with Crippen LogP contribution in [0.25, 0.3) is 21.5 Å². The number of nitrogens with zero attached hydrogens (tertiary/aromatic N) is 4. The fourth-order valence-electron chi connectivity index (χ4n) is 6.63. The Hall–Kier alpha value is -2.94. The number of benzene rings is 2. The highest BCUT2D eigenvalue weighted by Gasteiger charge is 2.42. The molecule has 1 amide bonds. The third-order valence-corrected chi connectivity index (χ3v) is 12.2. The molecule has 7 rings (SSSR count). The van der Waals surface area contributed by atoms with Gasteiger partial charge in [-0.2, -0.15) is 12.7 Å². The van der Waals surface area contributed by atoms with Crippen LogP contribution in [0, 0.1) is 0 Å². The number of hydrogen-bond acceptors (Lipinski definition) is 10. The normalized spacial score (nSPS) is 21.3. The Labute approximate surface area is 281 Å². The highest BCUT2D eigenvalue weighted by molar-refractivity contribution is 7.87. The summed E-state index contributed by atoms with van der Waals surface area (Å²) in [6.45, 7) is 0.614. The average molecular weight is 706 g/mol. The predicted octanol–water partition coefficient (Wildman–Crippen LogP) is 5.97. The van der Waals surface area contributed by atoms with Crippen molar-refractivity contribution in [1.82, 2.24) is 24.5 Å². The van der Waals surface area contributed by atoms with Crippen molar-refractivity contribution in [2.75, 3.05) is 26.1 Å². The van der Waals surface area contributed by atoms with E-state index in [0.29, 0.717) is 63.2 Å². The van der Waals surface area contributed by atoms with Crippen LogP contribution in [0.2, 0.25) is 10.0 Å². The monoisotopic (exact) mass is 704 g/mol. The number of carbonyl (C=O) groups excluding carboxylic acids is 1. The van der Waals surface area contributed by atoms with E-state index in [-0.39, 0.29) is 5.56 Å². The molecule has 1 saturated carbocycles. The molecule has 2 aliphatic heterocycles.